The largest absolute Gasteiger partial charge is 0.394 e. The number of benzene rings is 1. The van der Waals surface area contributed by atoms with Gasteiger partial charge in [-0.15, -0.1) is 0 Å². The van der Waals surface area contributed by atoms with Crippen molar-refractivity contribution in [2.24, 2.45) is 0 Å². The number of hydrogen-bond donors (Lipinski definition) is 1. The zero-order chi connectivity index (χ0) is 19.5. The molecule has 0 aliphatic carbocycles. The van der Waals surface area contributed by atoms with Crippen LogP contribution in [0.1, 0.15) is 41.6 Å². The van der Waals surface area contributed by atoms with Gasteiger partial charge < -0.3 is 10.0 Å². The maximum Gasteiger partial charge on any atom is 0.254 e. The highest BCUT2D eigenvalue weighted by Gasteiger charge is 2.21. The van der Waals surface area contributed by atoms with E-state index in [9.17, 15) is 4.79 Å². The number of aromatic nitrogens is 3. The Labute approximate surface area is 164 Å². The molecule has 1 aliphatic heterocycles. The van der Waals surface area contributed by atoms with Crippen molar-refractivity contribution in [3.05, 3.63) is 47.8 Å². The zero-order valence-electron chi connectivity index (χ0n) is 16.3. The van der Waals surface area contributed by atoms with Crippen molar-refractivity contribution < 1.29 is 9.90 Å². The summed E-state index contributed by atoms with van der Waals surface area (Å²) in [6.45, 7) is 4.14. The quantitative estimate of drug-likeness (QED) is 0.755. The third kappa shape index (κ3) is 3.78. The molecule has 1 amide bonds. The molecule has 28 heavy (non-hydrogen) atoms. The minimum absolute atomic E-state index is 0.0320. The molecule has 3 aromatic rings. The summed E-state index contributed by atoms with van der Waals surface area (Å²) in [5.41, 5.74) is 4.22. The fourth-order valence-corrected chi connectivity index (χ4v) is 3.83. The van der Waals surface area contributed by atoms with Gasteiger partial charge in [0.25, 0.3) is 5.91 Å². The lowest BCUT2D eigenvalue weighted by atomic mass is 10.0. The molecule has 146 valence electrons. The lowest BCUT2D eigenvalue weighted by Crippen LogP contribution is -2.32. The Hall–Kier alpha value is -2.73. The van der Waals surface area contributed by atoms with Gasteiger partial charge in [0, 0.05) is 30.2 Å². The van der Waals surface area contributed by atoms with E-state index in [0.29, 0.717) is 12.1 Å². The van der Waals surface area contributed by atoms with E-state index in [1.807, 2.05) is 42.3 Å². The molecule has 0 spiro atoms. The smallest absolute Gasteiger partial charge is 0.254 e. The van der Waals surface area contributed by atoms with Gasteiger partial charge in [-0.05, 0) is 38.0 Å². The lowest BCUT2D eigenvalue weighted by molar-refractivity contribution is 0.0763. The summed E-state index contributed by atoms with van der Waals surface area (Å²) in [7, 11) is 0. The van der Waals surface area contributed by atoms with Gasteiger partial charge in [0.05, 0.1) is 36.1 Å². The number of aryl methyl sites for hydroxylation is 1. The van der Waals surface area contributed by atoms with Crippen LogP contribution in [0.2, 0.25) is 0 Å². The molecule has 0 bridgehead atoms. The minimum Gasteiger partial charge on any atom is -0.394 e. The number of hydrogen-bond acceptors (Lipinski definition) is 4. The second-order valence-electron chi connectivity index (χ2n) is 7.50. The van der Waals surface area contributed by atoms with E-state index in [0.717, 1.165) is 53.7 Å². The van der Waals surface area contributed by atoms with Crippen LogP contribution in [-0.2, 0) is 6.54 Å². The number of nitrogens with zero attached hydrogens (tertiary/aromatic N) is 4. The maximum atomic E-state index is 13.4. The molecule has 1 aliphatic rings. The van der Waals surface area contributed by atoms with Crippen LogP contribution in [0.25, 0.3) is 22.2 Å². The molecule has 0 radical (unpaired) electrons. The molecule has 4 rings (SSSR count). The molecule has 2 aromatic heterocycles. The van der Waals surface area contributed by atoms with E-state index in [1.54, 1.807) is 10.9 Å². The van der Waals surface area contributed by atoms with Crippen LogP contribution < -0.4 is 0 Å². The van der Waals surface area contributed by atoms with Crippen LogP contribution in [-0.4, -0.2) is 50.4 Å². The summed E-state index contributed by atoms with van der Waals surface area (Å²) in [5, 5.41) is 14.3. The third-order valence-corrected chi connectivity index (χ3v) is 5.35. The van der Waals surface area contributed by atoms with E-state index < -0.39 is 0 Å². The summed E-state index contributed by atoms with van der Waals surface area (Å²) in [6, 6.07) is 7.95. The van der Waals surface area contributed by atoms with Crippen LogP contribution in [0.5, 0.6) is 0 Å². The second-order valence-corrected chi connectivity index (χ2v) is 7.50. The van der Waals surface area contributed by atoms with E-state index >= 15 is 0 Å². The molecule has 6 nitrogen and oxygen atoms in total. The highest BCUT2D eigenvalue weighted by molar-refractivity contribution is 6.07. The van der Waals surface area contributed by atoms with Crippen molar-refractivity contribution in [1.29, 1.82) is 0 Å². The highest BCUT2D eigenvalue weighted by atomic mass is 16.3. The van der Waals surface area contributed by atoms with Crippen molar-refractivity contribution in [2.45, 2.75) is 39.2 Å². The standard InChI is InChI=1S/C22H26N4O2/c1-16-6-7-20-18(12-16)19(22(28)25-8-4-2-3-5-9-25)13-21(24-20)17-14-23-26(15-17)10-11-27/h6-7,12-15,27H,2-5,8-11H2,1H3. The van der Waals surface area contributed by atoms with Crippen molar-refractivity contribution in [3.63, 3.8) is 0 Å². The molecule has 1 saturated heterocycles. The summed E-state index contributed by atoms with van der Waals surface area (Å²) >= 11 is 0. The predicted octanol–water partition coefficient (Wildman–Crippen LogP) is 3.42. The van der Waals surface area contributed by atoms with E-state index in [2.05, 4.69) is 5.10 Å². The first kappa shape index (κ1) is 18.6. The first-order valence-electron chi connectivity index (χ1n) is 10.00. The van der Waals surface area contributed by atoms with Crippen LogP contribution in [0, 0.1) is 6.92 Å². The Kier molecular flexibility index (Phi) is 5.39. The Bertz CT molecular complexity index is 987. The number of amides is 1. The number of aliphatic hydroxyl groups is 1. The number of aliphatic hydroxyl groups excluding tert-OH is 1. The molecule has 0 atom stereocenters. The van der Waals surface area contributed by atoms with E-state index in [1.165, 1.54) is 12.8 Å². The number of carbonyl (C=O) groups is 1. The first-order chi connectivity index (χ1) is 13.7. The van der Waals surface area contributed by atoms with Gasteiger partial charge in [0.15, 0.2) is 0 Å². The number of carbonyl (C=O) groups excluding carboxylic acids is 1. The van der Waals surface area contributed by atoms with Gasteiger partial charge in [-0.25, -0.2) is 4.98 Å². The Morgan fingerprint density at radius 3 is 2.68 bits per heavy atom. The summed E-state index contributed by atoms with van der Waals surface area (Å²) in [5.74, 6) is 0.0869. The summed E-state index contributed by atoms with van der Waals surface area (Å²) < 4.78 is 1.69. The third-order valence-electron chi connectivity index (χ3n) is 5.35. The Morgan fingerprint density at radius 1 is 1.14 bits per heavy atom. The zero-order valence-corrected chi connectivity index (χ0v) is 16.3. The van der Waals surface area contributed by atoms with Gasteiger partial charge in [-0.1, -0.05) is 24.5 Å². The highest BCUT2D eigenvalue weighted by Crippen LogP contribution is 2.27. The predicted molar refractivity (Wildman–Crippen MR) is 109 cm³/mol. The van der Waals surface area contributed by atoms with Gasteiger partial charge in [0.1, 0.15) is 0 Å². The molecule has 0 unspecified atom stereocenters. The monoisotopic (exact) mass is 378 g/mol. The second kappa shape index (κ2) is 8.10. The topological polar surface area (TPSA) is 71.2 Å². The average Bonchev–Trinajstić information content (AvgIpc) is 2.99. The molecule has 0 saturated carbocycles. The summed E-state index contributed by atoms with van der Waals surface area (Å²) in [4.78, 5) is 20.2. The molecule has 1 aromatic carbocycles. The summed E-state index contributed by atoms with van der Waals surface area (Å²) in [6.07, 6.45) is 8.10. The Balaban J connectivity index is 1.80. The number of likely N-dealkylation sites (tertiary alicyclic amines) is 1. The van der Waals surface area contributed by atoms with Gasteiger partial charge in [0.2, 0.25) is 0 Å². The molecular formula is C22H26N4O2. The van der Waals surface area contributed by atoms with Gasteiger partial charge in [-0.2, -0.15) is 5.10 Å². The van der Waals surface area contributed by atoms with Crippen molar-refractivity contribution in [3.8, 4) is 11.3 Å². The average molecular weight is 378 g/mol. The first-order valence-corrected chi connectivity index (χ1v) is 10.00. The van der Waals surface area contributed by atoms with Crippen molar-refractivity contribution >= 4 is 16.8 Å². The molecule has 1 fully saturated rings. The van der Waals surface area contributed by atoms with Crippen LogP contribution in [0.3, 0.4) is 0 Å². The van der Waals surface area contributed by atoms with Crippen LogP contribution in [0.4, 0.5) is 0 Å². The van der Waals surface area contributed by atoms with Crippen LogP contribution in [0.15, 0.2) is 36.7 Å². The van der Waals surface area contributed by atoms with Gasteiger partial charge in [-0.3, -0.25) is 9.48 Å². The SMILES string of the molecule is Cc1ccc2nc(-c3cnn(CCO)c3)cc(C(=O)N3CCCCCC3)c2c1. The fourth-order valence-electron chi connectivity index (χ4n) is 3.83. The maximum absolute atomic E-state index is 13.4. The fraction of sp³-hybridized carbons (Fsp3) is 0.409. The minimum atomic E-state index is 0.0320. The van der Waals surface area contributed by atoms with E-state index in [4.69, 9.17) is 10.1 Å². The van der Waals surface area contributed by atoms with Crippen molar-refractivity contribution in [1.82, 2.24) is 19.7 Å². The molecule has 1 N–H and O–H groups in total. The molecule has 6 heteroatoms. The van der Waals surface area contributed by atoms with E-state index in [-0.39, 0.29) is 12.5 Å². The number of fused-ring (bicyclic) bond motifs is 1. The lowest BCUT2D eigenvalue weighted by Gasteiger charge is -2.21. The Morgan fingerprint density at radius 2 is 1.93 bits per heavy atom. The normalized spacial score (nSPS) is 15.0. The van der Waals surface area contributed by atoms with Gasteiger partial charge >= 0.3 is 0 Å². The molecule has 3 heterocycles. The number of rotatable bonds is 4. The molecular weight excluding hydrogens is 352 g/mol. The number of pyridine rings is 1. The van der Waals surface area contributed by atoms with Crippen molar-refractivity contribution in [2.75, 3.05) is 19.7 Å². The van der Waals surface area contributed by atoms with Crippen LogP contribution >= 0.6 is 0 Å².